The lowest BCUT2D eigenvalue weighted by Crippen LogP contribution is -1.88. The summed E-state index contributed by atoms with van der Waals surface area (Å²) in [5.41, 5.74) is 3.98. The van der Waals surface area contributed by atoms with Crippen molar-refractivity contribution in [3.05, 3.63) is 60.6 Å². The summed E-state index contributed by atoms with van der Waals surface area (Å²) >= 11 is 0. The lowest BCUT2D eigenvalue weighted by molar-refractivity contribution is 1.16. The van der Waals surface area contributed by atoms with Crippen LogP contribution >= 0.6 is 0 Å². The first-order valence-corrected chi connectivity index (χ1v) is 5.37. The Morgan fingerprint density at radius 2 is 1.88 bits per heavy atom. The molecule has 0 amide bonds. The number of imidazole rings is 1. The second-order valence-electron chi connectivity index (χ2n) is 3.80. The zero-order valence-corrected chi connectivity index (χ0v) is 9.17. The lowest BCUT2D eigenvalue weighted by Gasteiger charge is -2.02. The number of nitrogens with zero attached hydrogens (tertiary/aromatic N) is 2. The number of fused-ring (bicyclic) bond motifs is 1. The van der Waals surface area contributed by atoms with Gasteiger partial charge in [0.25, 0.3) is 0 Å². The van der Waals surface area contributed by atoms with E-state index in [-0.39, 0.29) is 0 Å². The van der Waals surface area contributed by atoms with Crippen molar-refractivity contribution in [3.63, 3.8) is 0 Å². The summed E-state index contributed by atoms with van der Waals surface area (Å²) in [6, 6.07) is 14.3. The van der Waals surface area contributed by atoms with Gasteiger partial charge in [0, 0.05) is 6.20 Å². The molecule has 3 aromatic rings. The second-order valence-corrected chi connectivity index (χ2v) is 3.80. The van der Waals surface area contributed by atoms with Crippen molar-refractivity contribution in [2.75, 3.05) is 0 Å². The second kappa shape index (κ2) is 3.80. The number of rotatable bonds is 1. The molecule has 3 rings (SSSR count). The molecular weight excluding hydrogens is 208 g/mol. The molecule has 0 aliphatic heterocycles. The maximum Gasteiger partial charge on any atom is 0.138 e. The molecule has 0 N–H and O–H groups in total. The normalized spacial score (nSPS) is 10.3. The zero-order chi connectivity index (χ0) is 11.7. The maximum absolute atomic E-state index is 5.40. The Labute approximate surface area is 99.6 Å². The summed E-state index contributed by atoms with van der Waals surface area (Å²) < 4.78 is 1.91. The molecule has 17 heavy (non-hydrogen) atoms. The molecular formula is C15H10N2. The predicted octanol–water partition coefficient (Wildman–Crippen LogP) is 2.98. The number of pyridine rings is 1. The number of hydrogen-bond donors (Lipinski definition) is 0. The number of hydrogen-bond acceptors (Lipinski definition) is 1. The third-order valence-electron chi connectivity index (χ3n) is 2.77. The Bertz CT molecular complexity index is 703. The van der Waals surface area contributed by atoms with Crippen molar-refractivity contribution in [2.24, 2.45) is 0 Å². The van der Waals surface area contributed by atoms with Gasteiger partial charge in [-0.2, -0.15) is 0 Å². The van der Waals surface area contributed by atoms with E-state index in [1.165, 1.54) is 5.56 Å². The first-order valence-electron chi connectivity index (χ1n) is 5.37. The van der Waals surface area contributed by atoms with Crippen LogP contribution < -0.4 is 0 Å². The van der Waals surface area contributed by atoms with Gasteiger partial charge in [0.15, 0.2) is 0 Å². The van der Waals surface area contributed by atoms with E-state index in [0.29, 0.717) is 0 Å². The van der Waals surface area contributed by atoms with Crippen molar-refractivity contribution >= 4 is 5.65 Å². The van der Waals surface area contributed by atoms with Crippen molar-refractivity contribution in [2.45, 2.75) is 0 Å². The molecule has 0 aliphatic carbocycles. The van der Waals surface area contributed by atoms with E-state index in [4.69, 9.17) is 6.42 Å². The molecule has 80 valence electrons. The van der Waals surface area contributed by atoms with Gasteiger partial charge in [0.1, 0.15) is 11.3 Å². The minimum Gasteiger partial charge on any atom is -0.293 e. The van der Waals surface area contributed by atoms with Crippen LogP contribution in [0.1, 0.15) is 5.69 Å². The fourth-order valence-electron chi connectivity index (χ4n) is 1.90. The van der Waals surface area contributed by atoms with E-state index in [0.717, 1.165) is 16.9 Å². The van der Waals surface area contributed by atoms with Crippen LogP contribution in [0.2, 0.25) is 0 Å². The predicted molar refractivity (Wildman–Crippen MR) is 68.6 cm³/mol. The van der Waals surface area contributed by atoms with E-state index >= 15 is 0 Å². The van der Waals surface area contributed by atoms with E-state index < -0.39 is 0 Å². The van der Waals surface area contributed by atoms with Gasteiger partial charge < -0.3 is 0 Å². The van der Waals surface area contributed by atoms with Crippen molar-refractivity contribution in [1.29, 1.82) is 0 Å². The fraction of sp³-hybridized carbons (Fsp3) is 0. The summed E-state index contributed by atoms with van der Waals surface area (Å²) in [7, 11) is 0. The van der Waals surface area contributed by atoms with Gasteiger partial charge in [-0.15, -0.1) is 6.42 Å². The van der Waals surface area contributed by atoms with Crippen LogP contribution in [0.25, 0.3) is 16.8 Å². The van der Waals surface area contributed by atoms with Crippen molar-refractivity contribution in [3.8, 4) is 23.5 Å². The molecule has 2 nitrogen and oxygen atoms in total. The van der Waals surface area contributed by atoms with Gasteiger partial charge in [-0.3, -0.25) is 4.40 Å². The van der Waals surface area contributed by atoms with Crippen LogP contribution in [0.15, 0.2) is 54.9 Å². The van der Waals surface area contributed by atoms with Crippen molar-refractivity contribution in [1.82, 2.24) is 9.38 Å². The van der Waals surface area contributed by atoms with E-state index in [2.05, 4.69) is 23.0 Å². The van der Waals surface area contributed by atoms with Gasteiger partial charge in [-0.05, 0) is 23.3 Å². The molecule has 0 unspecified atom stereocenters. The van der Waals surface area contributed by atoms with Crippen molar-refractivity contribution < 1.29 is 0 Å². The van der Waals surface area contributed by atoms with E-state index in [9.17, 15) is 0 Å². The molecule has 0 saturated carbocycles. The highest BCUT2D eigenvalue weighted by Crippen LogP contribution is 2.20. The smallest absolute Gasteiger partial charge is 0.138 e. The van der Waals surface area contributed by atoms with E-state index in [1.54, 1.807) is 6.20 Å². The average molecular weight is 218 g/mol. The molecule has 2 heterocycles. The third kappa shape index (κ3) is 1.58. The quantitative estimate of drug-likeness (QED) is 0.574. The van der Waals surface area contributed by atoms with Crippen LogP contribution in [-0.2, 0) is 0 Å². The Morgan fingerprint density at radius 3 is 2.65 bits per heavy atom. The van der Waals surface area contributed by atoms with Gasteiger partial charge in [0.05, 0.1) is 6.20 Å². The average Bonchev–Trinajstić information content (AvgIpc) is 2.81. The molecule has 0 saturated heterocycles. The summed E-state index contributed by atoms with van der Waals surface area (Å²) in [5.74, 6) is 2.61. The SMILES string of the molecule is C#Cc1cnc2cc(-c3ccccc3)ccn12. The Morgan fingerprint density at radius 1 is 1.06 bits per heavy atom. The molecule has 0 fully saturated rings. The van der Waals surface area contributed by atoms with E-state index in [1.807, 2.05) is 40.9 Å². The molecule has 0 bridgehead atoms. The highest BCUT2D eigenvalue weighted by atomic mass is 15.0. The first kappa shape index (κ1) is 9.68. The zero-order valence-electron chi connectivity index (χ0n) is 9.17. The van der Waals surface area contributed by atoms with Crippen LogP contribution in [0.4, 0.5) is 0 Å². The Hall–Kier alpha value is -2.53. The van der Waals surface area contributed by atoms with Gasteiger partial charge in [-0.25, -0.2) is 4.98 Å². The molecule has 2 heteroatoms. The highest BCUT2D eigenvalue weighted by Gasteiger charge is 2.02. The molecule has 0 aliphatic rings. The monoisotopic (exact) mass is 218 g/mol. The summed E-state index contributed by atoms with van der Waals surface area (Å²) in [6.07, 6.45) is 9.07. The number of terminal acetylenes is 1. The Balaban J connectivity index is 2.19. The fourth-order valence-corrected chi connectivity index (χ4v) is 1.90. The van der Waals surface area contributed by atoms with Gasteiger partial charge in [0.2, 0.25) is 0 Å². The summed E-state index contributed by atoms with van der Waals surface area (Å²) in [4.78, 5) is 4.30. The number of aromatic nitrogens is 2. The minimum absolute atomic E-state index is 0.777. The van der Waals surface area contributed by atoms with Crippen LogP contribution in [0.5, 0.6) is 0 Å². The standard InChI is InChI=1S/C15H10N2/c1-2-14-11-16-15-10-13(8-9-17(14)15)12-6-4-3-5-7-12/h1,3-11H. The topological polar surface area (TPSA) is 17.3 Å². The van der Waals surface area contributed by atoms with Crippen LogP contribution in [0, 0.1) is 12.3 Å². The highest BCUT2D eigenvalue weighted by molar-refractivity contribution is 5.67. The van der Waals surface area contributed by atoms with Crippen LogP contribution in [0.3, 0.4) is 0 Å². The summed E-state index contributed by atoms with van der Waals surface area (Å²) in [5, 5.41) is 0. The third-order valence-corrected chi connectivity index (χ3v) is 2.77. The van der Waals surface area contributed by atoms with Crippen LogP contribution in [-0.4, -0.2) is 9.38 Å². The molecule has 0 radical (unpaired) electrons. The maximum atomic E-state index is 5.40. The minimum atomic E-state index is 0.777. The lowest BCUT2D eigenvalue weighted by atomic mass is 10.1. The molecule has 0 atom stereocenters. The summed E-state index contributed by atoms with van der Waals surface area (Å²) in [6.45, 7) is 0. The first-order chi connectivity index (χ1) is 8.38. The largest absolute Gasteiger partial charge is 0.293 e. The molecule has 0 spiro atoms. The number of benzene rings is 1. The van der Waals surface area contributed by atoms with Gasteiger partial charge >= 0.3 is 0 Å². The molecule has 2 aromatic heterocycles. The molecule has 1 aromatic carbocycles. The van der Waals surface area contributed by atoms with Gasteiger partial charge in [-0.1, -0.05) is 36.3 Å². The Kier molecular flexibility index (Phi) is 2.16.